The summed E-state index contributed by atoms with van der Waals surface area (Å²) in [5.41, 5.74) is 2.27. The summed E-state index contributed by atoms with van der Waals surface area (Å²) >= 11 is 0. The smallest absolute Gasteiger partial charge is 0.261 e. The van der Waals surface area contributed by atoms with Crippen LogP contribution in [0.25, 0.3) is 22.3 Å². The molecule has 0 unspecified atom stereocenters. The molecule has 0 radical (unpaired) electrons. The number of methoxy groups -OCH3 is 1. The Morgan fingerprint density at radius 3 is 2.46 bits per heavy atom. The van der Waals surface area contributed by atoms with Gasteiger partial charge in [-0.05, 0) is 77.1 Å². The van der Waals surface area contributed by atoms with Crippen molar-refractivity contribution in [2.24, 2.45) is 0 Å². The van der Waals surface area contributed by atoms with Crippen LogP contribution in [-0.4, -0.2) is 100 Å². The summed E-state index contributed by atoms with van der Waals surface area (Å²) in [5, 5.41) is 13.6. The third-order valence-electron chi connectivity index (χ3n) is 9.08. The lowest BCUT2D eigenvalue weighted by Crippen LogP contribution is -2.52. The van der Waals surface area contributed by atoms with Gasteiger partial charge in [0, 0.05) is 62.3 Å². The van der Waals surface area contributed by atoms with E-state index in [1.165, 1.54) is 13.2 Å². The highest BCUT2D eigenvalue weighted by Gasteiger charge is 2.28. The monoisotopic (exact) mass is 629 g/mol. The van der Waals surface area contributed by atoms with Gasteiger partial charge in [0.1, 0.15) is 11.4 Å². The number of ether oxygens (including phenoxy) is 1. The molecule has 244 valence electrons. The van der Waals surface area contributed by atoms with Crippen LogP contribution in [0.2, 0.25) is 0 Å². The van der Waals surface area contributed by atoms with Gasteiger partial charge in [0.05, 0.1) is 35.9 Å². The van der Waals surface area contributed by atoms with Gasteiger partial charge >= 0.3 is 0 Å². The maximum Gasteiger partial charge on any atom is 0.261 e. The van der Waals surface area contributed by atoms with Crippen molar-refractivity contribution in [2.75, 3.05) is 63.6 Å². The summed E-state index contributed by atoms with van der Waals surface area (Å²) < 4.78 is 23.2. The number of benzene rings is 2. The lowest BCUT2D eigenvalue weighted by Gasteiger charge is -2.42. The van der Waals surface area contributed by atoms with Crippen molar-refractivity contribution in [3.8, 4) is 17.0 Å². The van der Waals surface area contributed by atoms with Crippen LogP contribution in [-0.2, 0) is 6.54 Å². The number of halogens is 1. The summed E-state index contributed by atoms with van der Waals surface area (Å²) in [6.45, 7) is 11.7. The Balaban J connectivity index is 1.27. The largest absolute Gasteiger partial charge is 0.496 e. The van der Waals surface area contributed by atoms with E-state index in [0.29, 0.717) is 28.6 Å². The van der Waals surface area contributed by atoms with E-state index in [-0.39, 0.29) is 23.8 Å². The Morgan fingerprint density at radius 1 is 1.04 bits per heavy atom. The van der Waals surface area contributed by atoms with Gasteiger partial charge in [-0.2, -0.15) is 0 Å². The zero-order valence-electron chi connectivity index (χ0n) is 27.4. The van der Waals surface area contributed by atoms with Crippen molar-refractivity contribution >= 4 is 28.6 Å². The predicted octanol–water partition coefficient (Wildman–Crippen LogP) is 4.79. The molecular weight excluding hydrogens is 585 g/mol. The second-order valence-corrected chi connectivity index (χ2v) is 13.2. The number of carbonyl (C=O) groups excluding carboxylic acids is 1. The number of hydrogen-bond acceptors (Lipinski definition) is 8. The first-order chi connectivity index (χ1) is 22.0. The quantitative estimate of drug-likeness (QED) is 0.287. The number of anilines is 2. The topological polar surface area (TPSA) is 99.0 Å². The van der Waals surface area contributed by atoms with Gasteiger partial charge in [-0.15, -0.1) is 0 Å². The van der Waals surface area contributed by atoms with Gasteiger partial charge in [-0.1, -0.05) is 12.1 Å². The van der Waals surface area contributed by atoms with Crippen LogP contribution >= 0.6 is 0 Å². The molecule has 0 bridgehead atoms. The number of aryl methyl sites for hydroxylation is 1. The Kier molecular flexibility index (Phi) is 9.00. The molecular formula is C35H44FN7O3. The zero-order valence-corrected chi connectivity index (χ0v) is 27.4. The molecule has 2 N–H and O–H groups in total. The number of imidazole rings is 1. The fourth-order valence-corrected chi connectivity index (χ4v) is 6.64. The Bertz CT molecular complexity index is 1720. The molecule has 1 amide bonds. The maximum atomic E-state index is 15.9. The number of piperidine rings is 1. The number of nitrogens with one attached hydrogen (secondary N) is 1. The second kappa shape index (κ2) is 13.0. The highest BCUT2D eigenvalue weighted by Crippen LogP contribution is 2.33. The number of piperazine rings is 1. The van der Waals surface area contributed by atoms with Crippen LogP contribution < -0.4 is 15.0 Å². The van der Waals surface area contributed by atoms with Gasteiger partial charge in [-0.3, -0.25) is 15.0 Å². The summed E-state index contributed by atoms with van der Waals surface area (Å²) in [4.78, 5) is 30.3. The average molecular weight is 630 g/mol. The van der Waals surface area contributed by atoms with Crippen LogP contribution in [0.5, 0.6) is 5.75 Å². The van der Waals surface area contributed by atoms with Gasteiger partial charge in [0.15, 0.2) is 5.82 Å². The van der Waals surface area contributed by atoms with Crippen molar-refractivity contribution in [2.45, 2.75) is 51.8 Å². The average Bonchev–Trinajstić information content (AvgIpc) is 3.36. The number of aromatic nitrogens is 3. The molecule has 2 aliphatic rings. The minimum absolute atomic E-state index is 0.0358. The number of hydrogen-bond donors (Lipinski definition) is 2. The van der Waals surface area contributed by atoms with E-state index in [4.69, 9.17) is 9.72 Å². The minimum atomic E-state index is -1.09. The molecule has 4 aromatic rings. The molecule has 6 rings (SSSR count). The molecule has 0 spiro atoms. The van der Waals surface area contributed by atoms with E-state index < -0.39 is 17.3 Å². The maximum absolute atomic E-state index is 15.9. The normalized spacial score (nSPS) is 17.1. The zero-order chi connectivity index (χ0) is 32.6. The summed E-state index contributed by atoms with van der Waals surface area (Å²) in [5.74, 6) is -0.712. The summed E-state index contributed by atoms with van der Waals surface area (Å²) in [7, 11) is 3.70. The number of para-hydroxylation sites is 1. The molecule has 2 aromatic carbocycles. The molecule has 0 aliphatic carbocycles. The van der Waals surface area contributed by atoms with Crippen LogP contribution in [0.4, 0.5) is 16.0 Å². The molecule has 2 aromatic heterocycles. The number of likely N-dealkylation sites (N-methyl/N-ethyl adjacent to an activating group) is 1. The first-order valence-electron chi connectivity index (χ1n) is 16.0. The van der Waals surface area contributed by atoms with Crippen LogP contribution in [0.15, 0.2) is 48.5 Å². The number of rotatable bonds is 8. The first-order valence-corrected chi connectivity index (χ1v) is 16.0. The molecule has 2 fully saturated rings. The summed E-state index contributed by atoms with van der Waals surface area (Å²) in [6, 6.07) is 15.1. The molecule has 0 atom stereocenters. The highest BCUT2D eigenvalue weighted by atomic mass is 19.1. The molecule has 11 heteroatoms. The Morgan fingerprint density at radius 2 is 1.76 bits per heavy atom. The standard InChI is InChI=1S/C35H44FN7O3/c1-23-20-27(31(36)32(37-23)26-8-6-7-9-30(26)46-5)33(44)39-34-38-28-21-25(10-11-29(28)43(34)22-35(2,3)45)41-14-12-24(13-15-41)42-18-16-40(4)17-19-42/h6-11,20-21,24,45H,12-19,22H2,1-5H3,(H,38,39,44). The van der Waals surface area contributed by atoms with Gasteiger partial charge in [0.2, 0.25) is 5.95 Å². The third-order valence-corrected chi connectivity index (χ3v) is 9.08. The number of aliphatic hydroxyl groups is 1. The molecule has 10 nitrogen and oxygen atoms in total. The summed E-state index contributed by atoms with van der Waals surface area (Å²) in [6.07, 6.45) is 2.23. The number of pyridine rings is 1. The van der Waals surface area contributed by atoms with E-state index in [1.807, 2.05) is 12.1 Å². The van der Waals surface area contributed by atoms with Gasteiger partial charge < -0.3 is 24.2 Å². The molecule has 0 saturated carbocycles. The predicted molar refractivity (Wildman–Crippen MR) is 179 cm³/mol. The van der Waals surface area contributed by atoms with Crippen molar-refractivity contribution in [3.63, 3.8) is 0 Å². The van der Waals surface area contributed by atoms with E-state index in [0.717, 1.165) is 63.3 Å². The molecule has 46 heavy (non-hydrogen) atoms. The first kappa shape index (κ1) is 31.9. The lowest BCUT2D eigenvalue weighted by atomic mass is 10.0. The van der Waals surface area contributed by atoms with Crippen molar-refractivity contribution < 1.29 is 19.0 Å². The number of amides is 1. The second-order valence-electron chi connectivity index (χ2n) is 13.2. The number of fused-ring (bicyclic) bond motifs is 1. The minimum Gasteiger partial charge on any atom is -0.496 e. The number of carbonyl (C=O) groups is 1. The van der Waals surface area contributed by atoms with E-state index in [9.17, 15) is 9.90 Å². The van der Waals surface area contributed by atoms with Crippen molar-refractivity contribution in [1.82, 2.24) is 24.3 Å². The highest BCUT2D eigenvalue weighted by molar-refractivity contribution is 6.05. The van der Waals surface area contributed by atoms with Crippen LogP contribution in [0.1, 0.15) is 42.7 Å². The molecule has 2 aliphatic heterocycles. The van der Waals surface area contributed by atoms with E-state index in [1.54, 1.807) is 49.6 Å². The Hall–Kier alpha value is -4.06. The van der Waals surface area contributed by atoms with Crippen molar-refractivity contribution in [3.05, 3.63) is 65.6 Å². The van der Waals surface area contributed by atoms with Crippen molar-refractivity contribution in [1.29, 1.82) is 0 Å². The molecule has 4 heterocycles. The van der Waals surface area contributed by atoms with Gasteiger partial charge in [0.25, 0.3) is 5.91 Å². The van der Waals surface area contributed by atoms with Gasteiger partial charge in [-0.25, -0.2) is 14.4 Å². The third kappa shape index (κ3) is 6.72. The van der Waals surface area contributed by atoms with Crippen LogP contribution in [0.3, 0.4) is 0 Å². The van der Waals surface area contributed by atoms with Crippen LogP contribution in [0, 0.1) is 12.7 Å². The molecule has 2 saturated heterocycles. The SMILES string of the molecule is COc1ccccc1-c1nc(C)cc(C(=O)Nc2nc3cc(N4CCC(N5CCN(C)CC5)CC4)ccc3n2CC(C)(C)O)c1F. The Labute approximate surface area is 269 Å². The lowest BCUT2D eigenvalue weighted by molar-refractivity contribution is 0.0630. The van der Waals surface area contributed by atoms with E-state index in [2.05, 4.69) is 38.1 Å². The number of nitrogens with zero attached hydrogens (tertiary/aromatic N) is 6. The fourth-order valence-electron chi connectivity index (χ4n) is 6.64. The fraction of sp³-hybridized carbons (Fsp3) is 0.457. The van der Waals surface area contributed by atoms with E-state index >= 15 is 4.39 Å².